The lowest BCUT2D eigenvalue weighted by atomic mass is 9.98. The van der Waals surface area contributed by atoms with Gasteiger partial charge in [-0.2, -0.15) is 0 Å². The maximum atomic E-state index is 13.2. The quantitative estimate of drug-likeness (QED) is 0.376. The highest BCUT2D eigenvalue weighted by Gasteiger charge is 2.33. The molecule has 4 rings (SSSR count). The minimum Gasteiger partial charge on any atom is -0.496 e. The zero-order valence-corrected chi connectivity index (χ0v) is 22.2. The molecule has 1 N–H and O–H groups in total. The molecular weight excluding hydrogens is 452 g/mol. The highest BCUT2D eigenvalue weighted by atomic mass is 16.5. The minimum absolute atomic E-state index is 0.0836. The number of nitrogens with zero attached hydrogens (tertiary/aromatic N) is 5. The number of rotatable bonds is 8. The molecule has 0 saturated carbocycles. The Labute approximate surface area is 212 Å². The molecule has 8 nitrogen and oxygen atoms in total. The van der Waals surface area contributed by atoms with E-state index < -0.39 is 0 Å². The summed E-state index contributed by atoms with van der Waals surface area (Å²) in [5, 5.41) is 13.9. The molecule has 0 saturated heterocycles. The number of aromatic nitrogens is 5. The third kappa shape index (κ3) is 5.18. The van der Waals surface area contributed by atoms with Crippen molar-refractivity contribution in [3.05, 3.63) is 81.4 Å². The van der Waals surface area contributed by atoms with Gasteiger partial charge in [0.1, 0.15) is 5.75 Å². The van der Waals surface area contributed by atoms with Gasteiger partial charge in [-0.05, 0) is 67.1 Å². The lowest BCUT2D eigenvalue weighted by molar-refractivity contribution is 0.118. The van der Waals surface area contributed by atoms with Crippen LogP contribution in [0, 0.1) is 12.8 Å². The Morgan fingerprint density at radius 1 is 1.06 bits per heavy atom. The molecule has 4 aromatic rings. The lowest BCUT2D eigenvalue weighted by Gasteiger charge is -2.35. The second kappa shape index (κ2) is 10.2. The van der Waals surface area contributed by atoms with Crippen molar-refractivity contribution in [1.29, 1.82) is 0 Å². The third-order valence-corrected chi connectivity index (χ3v) is 6.52. The van der Waals surface area contributed by atoms with Crippen LogP contribution in [-0.2, 0) is 18.6 Å². The molecule has 0 spiro atoms. The number of aryl methyl sites for hydroxylation is 1. The van der Waals surface area contributed by atoms with Crippen molar-refractivity contribution in [2.45, 2.75) is 66.2 Å². The van der Waals surface area contributed by atoms with Crippen LogP contribution in [0.3, 0.4) is 0 Å². The number of nitrogens with one attached hydrogen (secondary N) is 1. The topological polar surface area (TPSA) is 88.9 Å². The molecule has 0 aliphatic rings. The summed E-state index contributed by atoms with van der Waals surface area (Å²) in [6, 6.07) is 15.9. The average Bonchev–Trinajstić information content (AvgIpc) is 3.30. The van der Waals surface area contributed by atoms with Crippen LogP contribution in [0.1, 0.15) is 63.2 Å². The van der Waals surface area contributed by atoms with Gasteiger partial charge in [0, 0.05) is 24.2 Å². The fourth-order valence-electron chi connectivity index (χ4n) is 4.81. The smallest absolute Gasteiger partial charge is 0.252 e. The highest BCUT2D eigenvalue weighted by Crippen LogP contribution is 2.33. The summed E-state index contributed by atoms with van der Waals surface area (Å²) in [5.74, 6) is 1.76. The first kappa shape index (κ1) is 25.6. The largest absolute Gasteiger partial charge is 0.496 e. The Bertz CT molecular complexity index is 1400. The fourth-order valence-corrected chi connectivity index (χ4v) is 4.81. The van der Waals surface area contributed by atoms with Crippen molar-refractivity contribution in [2.24, 2.45) is 5.92 Å². The molecule has 0 radical (unpaired) electrons. The maximum Gasteiger partial charge on any atom is 0.252 e. The van der Waals surface area contributed by atoms with Crippen LogP contribution < -0.4 is 10.3 Å². The van der Waals surface area contributed by atoms with Crippen LogP contribution in [-0.4, -0.2) is 37.2 Å². The van der Waals surface area contributed by atoms with E-state index in [1.807, 2.05) is 54.1 Å². The predicted octanol–water partition coefficient (Wildman–Crippen LogP) is 4.99. The lowest BCUT2D eigenvalue weighted by Crippen LogP contribution is -2.37. The van der Waals surface area contributed by atoms with Crippen LogP contribution in [0.2, 0.25) is 0 Å². The van der Waals surface area contributed by atoms with Gasteiger partial charge < -0.3 is 9.72 Å². The summed E-state index contributed by atoms with van der Waals surface area (Å²) in [4.78, 5) is 18.6. The second-order valence-electron chi connectivity index (χ2n) is 10.7. The van der Waals surface area contributed by atoms with Crippen molar-refractivity contribution in [3.8, 4) is 5.75 Å². The monoisotopic (exact) mass is 488 g/mol. The minimum atomic E-state index is -0.292. The average molecular weight is 489 g/mol. The van der Waals surface area contributed by atoms with Gasteiger partial charge in [-0.3, -0.25) is 9.69 Å². The SMILES string of the molecule is COc1ccccc1CN(Cc1cc2cccc(C)c2[nH]c1=O)[C@@H](c1nnnn1C(C)(C)C)C(C)C. The Kier molecular flexibility index (Phi) is 7.26. The maximum absolute atomic E-state index is 13.2. The Hall–Kier alpha value is -3.52. The van der Waals surface area contributed by atoms with Gasteiger partial charge in [-0.1, -0.05) is 50.2 Å². The first-order valence-electron chi connectivity index (χ1n) is 12.4. The summed E-state index contributed by atoms with van der Waals surface area (Å²) in [5.41, 5.74) is 3.28. The Morgan fingerprint density at radius 3 is 2.47 bits per heavy atom. The summed E-state index contributed by atoms with van der Waals surface area (Å²) >= 11 is 0. The van der Waals surface area contributed by atoms with E-state index in [4.69, 9.17) is 4.74 Å². The van der Waals surface area contributed by atoms with Gasteiger partial charge in [0.25, 0.3) is 5.56 Å². The van der Waals surface area contributed by atoms with Crippen molar-refractivity contribution in [2.75, 3.05) is 7.11 Å². The summed E-state index contributed by atoms with van der Waals surface area (Å²) < 4.78 is 7.55. The predicted molar refractivity (Wildman–Crippen MR) is 142 cm³/mol. The molecule has 0 amide bonds. The van der Waals surface area contributed by atoms with E-state index in [9.17, 15) is 4.79 Å². The van der Waals surface area contributed by atoms with E-state index in [1.165, 1.54) is 0 Å². The molecule has 0 aliphatic heterocycles. The highest BCUT2D eigenvalue weighted by molar-refractivity contribution is 5.81. The zero-order chi connectivity index (χ0) is 26.0. The van der Waals surface area contributed by atoms with E-state index in [0.29, 0.717) is 18.7 Å². The normalized spacial score (nSPS) is 13.0. The number of hydrogen-bond acceptors (Lipinski definition) is 6. The van der Waals surface area contributed by atoms with Gasteiger partial charge in [0.2, 0.25) is 0 Å². The molecule has 0 unspecified atom stereocenters. The van der Waals surface area contributed by atoms with E-state index in [-0.39, 0.29) is 23.1 Å². The summed E-state index contributed by atoms with van der Waals surface area (Å²) in [6.07, 6.45) is 0. The molecule has 2 aromatic carbocycles. The molecule has 1 atom stereocenters. The zero-order valence-electron chi connectivity index (χ0n) is 22.2. The number of ether oxygens (including phenoxy) is 1. The third-order valence-electron chi connectivity index (χ3n) is 6.52. The van der Waals surface area contributed by atoms with Gasteiger partial charge >= 0.3 is 0 Å². The number of aromatic amines is 1. The first-order valence-corrected chi connectivity index (χ1v) is 12.4. The molecular formula is C28H36N6O2. The van der Waals surface area contributed by atoms with Crippen LogP contribution in [0.15, 0.2) is 53.3 Å². The summed E-state index contributed by atoms with van der Waals surface area (Å²) in [7, 11) is 1.68. The van der Waals surface area contributed by atoms with Gasteiger partial charge in [0.15, 0.2) is 5.82 Å². The molecule has 0 aliphatic carbocycles. The van der Waals surface area contributed by atoms with Gasteiger partial charge in [-0.25, -0.2) is 4.68 Å². The number of tetrazole rings is 1. The number of methoxy groups -OCH3 is 1. The van der Waals surface area contributed by atoms with E-state index in [0.717, 1.165) is 33.6 Å². The number of hydrogen-bond donors (Lipinski definition) is 1. The Morgan fingerprint density at radius 2 is 1.78 bits per heavy atom. The second-order valence-corrected chi connectivity index (χ2v) is 10.7. The van der Waals surface area contributed by atoms with Gasteiger partial charge in [-0.15, -0.1) is 5.10 Å². The standard InChI is InChI=1S/C28H36N6O2/c1-18(2)25(26-30-31-32-34(26)28(4,5)6)33(16-21-12-8-9-14-23(21)36-7)17-22-15-20-13-10-11-19(3)24(20)29-27(22)35/h8-15,18,25H,16-17H2,1-7H3,(H,29,35)/t25-/m1/s1. The number of H-pyrrole nitrogens is 1. The van der Waals surface area contributed by atoms with Crippen molar-refractivity contribution in [3.63, 3.8) is 0 Å². The van der Waals surface area contributed by atoms with Crippen molar-refractivity contribution < 1.29 is 4.74 Å². The fraction of sp³-hybridized carbons (Fsp3) is 0.429. The first-order chi connectivity index (χ1) is 17.1. The van der Waals surface area contributed by atoms with E-state index in [2.05, 4.69) is 66.1 Å². The van der Waals surface area contributed by atoms with E-state index >= 15 is 0 Å². The van der Waals surface area contributed by atoms with Crippen LogP contribution in [0.25, 0.3) is 10.9 Å². The van der Waals surface area contributed by atoms with E-state index in [1.54, 1.807) is 7.11 Å². The Balaban J connectivity index is 1.84. The molecule has 2 heterocycles. The van der Waals surface area contributed by atoms with Crippen molar-refractivity contribution in [1.82, 2.24) is 30.1 Å². The number of fused-ring (bicyclic) bond motifs is 1. The number of para-hydroxylation sites is 2. The van der Waals surface area contributed by atoms with Gasteiger partial charge in [0.05, 0.1) is 24.2 Å². The van der Waals surface area contributed by atoms with Crippen LogP contribution >= 0.6 is 0 Å². The molecule has 0 bridgehead atoms. The number of pyridine rings is 1. The molecule has 8 heteroatoms. The summed E-state index contributed by atoms with van der Waals surface area (Å²) in [6.45, 7) is 13.6. The molecule has 0 fully saturated rings. The molecule has 36 heavy (non-hydrogen) atoms. The number of benzene rings is 2. The van der Waals surface area contributed by atoms with Crippen molar-refractivity contribution >= 4 is 10.9 Å². The molecule has 190 valence electrons. The van der Waals surface area contributed by atoms with Crippen LogP contribution in [0.4, 0.5) is 0 Å². The van der Waals surface area contributed by atoms with Crippen LogP contribution in [0.5, 0.6) is 5.75 Å². The molecule has 2 aromatic heterocycles.